The summed E-state index contributed by atoms with van der Waals surface area (Å²) in [5, 5.41) is 3.56. The lowest BCUT2D eigenvalue weighted by molar-refractivity contribution is 0.0955. The molecule has 5 nitrogen and oxygen atoms in total. The Balaban J connectivity index is 2.09. The average molecular weight is 330 g/mol. The molecule has 6 heteroatoms. The van der Waals surface area contributed by atoms with Crippen LogP contribution in [0.3, 0.4) is 0 Å². The Hall–Kier alpha value is -2.08. The molecule has 0 atom stereocenters. The molecule has 0 bridgehead atoms. The number of hydrogen-bond donors (Lipinski definition) is 1. The molecule has 2 rings (SSSR count). The number of nitrogens with zero attached hydrogens (tertiary/aromatic N) is 3. The van der Waals surface area contributed by atoms with Gasteiger partial charge in [0.1, 0.15) is 5.82 Å². The van der Waals surface area contributed by atoms with Crippen molar-refractivity contribution in [1.29, 1.82) is 0 Å². The van der Waals surface area contributed by atoms with Crippen LogP contribution >= 0.6 is 11.8 Å². The van der Waals surface area contributed by atoms with Crippen LogP contribution in [0.2, 0.25) is 0 Å². The van der Waals surface area contributed by atoms with Crippen LogP contribution in [-0.2, 0) is 5.75 Å². The van der Waals surface area contributed by atoms with Crippen molar-refractivity contribution < 1.29 is 4.79 Å². The molecule has 0 fully saturated rings. The maximum absolute atomic E-state index is 11.9. The van der Waals surface area contributed by atoms with E-state index >= 15 is 0 Å². The SMILES string of the molecule is CCNC(=O)c1cccc(CSc2nc(C)cc(N(C)C)n2)c1. The number of hydrogen-bond acceptors (Lipinski definition) is 5. The topological polar surface area (TPSA) is 58.1 Å². The van der Waals surface area contributed by atoms with Crippen LogP contribution in [-0.4, -0.2) is 36.5 Å². The molecule has 0 aliphatic heterocycles. The molecule has 0 aliphatic rings. The minimum absolute atomic E-state index is 0.0407. The van der Waals surface area contributed by atoms with Gasteiger partial charge in [0.15, 0.2) is 5.16 Å². The minimum atomic E-state index is -0.0407. The number of rotatable bonds is 6. The van der Waals surface area contributed by atoms with E-state index in [1.165, 1.54) is 0 Å². The average Bonchev–Trinajstić information content (AvgIpc) is 2.53. The Morgan fingerprint density at radius 2 is 2.04 bits per heavy atom. The summed E-state index contributed by atoms with van der Waals surface area (Å²) in [6, 6.07) is 9.62. The van der Waals surface area contributed by atoms with Crippen LogP contribution in [0.25, 0.3) is 0 Å². The largest absolute Gasteiger partial charge is 0.363 e. The van der Waals surface area contributed by atoms with Crippen LogP contribution in [0.1, 0.15) is 28.5 Å². The highest BCUT2D eigenvalue weighted by atomic mass is 32.2. The minimum Gasteiger partial charge on any atom is -0.363 e. The number of benzene rings is 1. The molecule has 0 radical (unpaired) electrons. The first-order valence-corrected chi connectivity index (χ1v) is 8.51. The molecule has 23 heavy (non-hydrogen) atoms. The summed E-state index contributed by atoms with van der Waals surface area (Å²) in [7, 11) is 3.93. The molecular weight excluding hydrogens is 308 g/mol. The molecule has 1 aromatic carbocycles. The van der Waals surface area contributed by atoms with Crippen molar-refractivity contribution in [3.05, 3.63) is 47.2 Å². The van der Waals surface area contributed by atoms with Crippen LogP contribution < -0.4 is 10.2 Å². The molecule has 0 unspecified atom stereocenters. The van der Waals surface area contributed by atoms with E-state index in [0.29, 0.717) is 12.1 Å². The summed E-state index contributed by atoms with van der Waals surface area (Å²) in [4.78, 5) is 22.9. The number of nitrogens with one attached hydrogen (secondary N) is 1. The van der Waals surface area contributed by atoms with Crippen LogP contribution in [0.4, 0.5) is 5.82 Å². The molecule has 0 saturated heterocycles. The molecule has 0 aliphatic carbocycles. The van der Waals surface area contributed by atoms with Gasteiger partial charge in [0, 0.05) is 43.7 Å². The van der Waals surface area contributed by atoms with Gasteiger partial charge >= 0.3 is 0 Å². The van der Waals surface area contributed by atoms with Gasteiger partial charge in [-0.05, 0) is 31.5 Å². The summed E-state index contributed by atoms with van der Waals surface area (Å²) in [5.41, 5.74) is 2.71. The second-order valence-electron chi connectivity index (χ2n) is 5.39. The Bertz CT molecular complexity index is 688. The predicted molar refractivity (Wildman–Crippen MR) is 95.1 cm³/mol. The van der Waals surface area contributed by atoms with Crippen molar-refractivity contribution in [1.82, 2.24) is 15.3 Å². The normalized spacial score (nSPS) is 10.4. The third-order valence-corrected chi connectivity index (χ3v) is 4.09. The van der Waals surface area contributed by atoms with E-state index in [1.54, 1.807) is 11.8 Å². The first kappa shape index (κ1) is 17.3. The summed E-state index contributed by atoms with van der Waals surface area (Å²) >= 11 is 1.57. The van der Waals surface area contributed by atoms with Crippen LogP contribution in [0, 0.1) is 6.92 Å². The quantitative estimate of drug-likeness (QED) is 0.652. The lowest BCUT2D eigenvalue weighted by Crippen LogP contribution is -2.22. The lowest BCUT2D eigenvalue weighted by Gasteiger charge is -2.12. The maximum atomic E-state index is 11.9. The number of amides is 1. The van der Waals surface area contributed by atoms with Crippen molar-refractivity contribution in [2.45, 2.75) is 24.8 Å². The van der Waals surface area contributed by atoms with E-state index in [2.05, 4.69) is 15.3 Å². The molecule has 122 valence electrons. The molecule has 0 spiro atoms. The van der Waals surface area contributed by atoms with Crippen molar-refractivity contribution >= 4 is 23.5 Å². The second kappa shape index (κ2) is 7.97. The third kappa shape index (κ3) is 4.96. The van der Waals surface area contributed by atoms with E-state index in [4.69, 9.17) is 0 Å². The number of carbonyl (C=O) groups excluding carboxylic acids is 1. The zero-order valence-corrected chi connectivity index (χ0v) is 14.8. The van der Waals surface area contributed by atoms with Crippen molar-refractivity contribution in [3.8, 4) is 0 Å². The Labute approximate surface area is 141 Å². The molecule has 1 N–H and O–H groups in total. The zero-order valence-electron chi connectivity index (χ0n) is 14.0. The van der Waals surface area contributed by atoms with Crippen molar-refractivity contribution in [2.75, 3.05) is 25.5 Å². The predicted octanol–water partition coefficient (Wildman–Crippen LogP) is 2.89. The van der Waals surface area contributed by atoms with Gasteiger partial charge in [-0.2, -0.15) is 0 Å². The number of aromatic nitrogens is 2. The van der Waals surface area contributed by atoms with Crippen LogP contribution in [0.5, 0.6) is 0 Å². The highest BCUT2D eigenvalue weighted by Gasteiger charge is 2.07. The number of thioether (sulfide) groups is 1. The first-order valence-electron chi connectivity index (χ1n) is 7.52. The van der Waals surface area contributed by atoms with E-state index < -0.39 is 0 Å². The van der Waals surface area contributed by atoms with Gasteiger partial charge < -0.3 is 10.2 Å². The fraction of sp³-hybridized carbons (Fsp3) is 0.353. The van der Waals surface area contributed by atoms with Gasteiger partial charge in [-0.1, -0.05) is 23.9 Å². The number of anilines is 1. The molecular formula is C17H22N4OS. The van der Waals surface area contributed by atoms with Gasteiger partial charge in [0.25, 0.3) is 5.91 Å². The molecule has 1 aromatic heterocycles. The van der Waals surface area contributed by atoms with Gasteiger partial charge in [-0.3, -0.25) is 4.79 Å². The van der Waals surface area contributed by atoms with Gasteiger partial charge in [0.05, 0.1) is 0 Å². The molecule has 1 amide bonds. The van der Waals surface area contributed by atoms with Crippen molar-refractivity contribution in [3.63, 3.8) is 0 Å². The number of carbonyl (C=O) groups is 1. The second-order valence-corrected chi connectivity index (χ2v) is 6.34. The zero-order chi connectivity index (χ0) is 16.8. The summed E-state index contributed by atoms with van der Waals surface area (Å²) in [6.45, 7) is 4.51. The van der Waals surface area contributed by atoms with Crippen LogP contribution in [0.15, 0.2) is 35.5 Å². The highest BCUT2D eigenvalue weighted by Crippen LogP contribution is 2.22. The first-order chi connectivity index (χ1) is 11.0. The van der Waals surface area contributed by atoms with Gasteiger partial charge in [0.2, 0.25) is 0 Å². The summed E-state index contributed by atoms with van der Waals surface area (Å²) < 4.78 is 0. The van der Waals surface area contributed by atoms with Crippen molar-refractivity contribution in [2.24, 2.45) is 0 Å². The van der Waals surface area contributed by atoms with E-state index in [0.717, 1.165) is 28.0 Å². The number of aryl methyl sites for hydroxylation is 1. The standard InChI is InChI=1S/C17H22N4OS/c1-5-18-16(22)14-8-6-7-13(10-14)11-23-17-19-12(2)9-15(20-17)21(3)4/h6-10H,5,11H2,1-4H3,(H,18,22). The fourth-order valence-electron chi connectivity index (χ4n) is 2.03. The Morgan fingerprint density at radius 3 is 2.74 bits per heavy atom. The maximum Gasteiger partial charge on any atom is 0.251 e. The smallest absolute Gasteiger partial charge is 0.251 e. The van der Waals surface area contributed by atoms with Gasteiger partial charge in [-0.25, -0.2) is 9.97 Å². The molecule has 1 heterocycles. The lowest BCUT2D eigenvalue weighted by atomic mass is 10.1. The van der Waals surface area contributed by atoms with E-state index in [9.17, 15) is 4.79 Å². The highest BCUT2D eigenvalue weighted by molar-refractivity contribution is 7.98. The summed E-state index contributed by atoms with van der Waals surface area (Å²) in [6.07, 6.45) is 0. The van der Waals surface area contributed by atoms with Gasteiger partial charge in [-0.15, -0.1) is 0 Å². The third-order valence-electron chi connectivity index (χ3n) is 3.17. The molecule has 2 aromatic rings. The van der Waals surface area contributed by atoms with E-state index in [-0.39, 0.29) is 5.91 Å². The fourth-order valence-corrected chi connectivity index (χ4v) is 2.87. The Kier molecular flexibility index (Phi) is 5.98. The Morgan fingerprint density at radius 1 is 1.26 bits per heavy atom. The summed E-state index contributed by atoms with van der Waals surface area (Å²) in [5.74, 6) is 1.58. The van der Waals surface area contributed by atoms with E-state index in [1.807, 2.05) is 63.2 Å². The monoisotopic (exact) mass is 330 g/mol. The molecule has 0 saturated carbocycles.